The van der Waals surface area contributed by atoms with E-state index < -0.39 is 5.97 Å². The molecule has 0 aliphatic heterocycles. The lowest BCUT2D eigenvalue weighted by Gasteiger charge is -2.06. The number of hydrogen-bond donors (Lipinski definition) is 0. The van der Waals surface area contributed by atoms with Gasteiger partial charge in [0.15, 0.2) is 0 Å². The molecule has 0 saturated carbocycles. The van der Waals surface area contributed by atoms with Crippen LogP contribution in [0, 0.1) is 0 Å². The zero-order chi connectivity index (χ0) is 17.5. The predicted molar refractivity (Wildman–Crippen MR) is 94.7 cm³/mol. The number of rotatable bonds is 5. The first-order valence-electron chi connectivity index (χ1n) is 7.68. The average Bonchev–Trinajstić information content (AvgIpc) is 2.70. The Morgan fingerprint density at radius 3 is 2.24 bits per heavy atom. The first kappa shape index (κ1) is 16.4. The lowest BCUT2D eigenvalue weighted by Crippen LogP contribution is -2.09. The molecule has 0 aliphatic carbocycles. The first-order chi connectivity index (χ1) is 12.3. The van der Waals surface area contributed by atoms with Gasteiger partial charge in [-0.25, -0.2) is 4.79 Å². The monoisotopic (exact) mass is 332 g/mol. The molecular formula is C20H16N2O3. The summed E-state index contributed by atoms with van der Waals surface area (Å²) < 4.78 is 5.07. The summed E-state index contributed by atoms with van der Waals surface area (Å²) in [5.41, 5.74) is 2.31. The van der Waals surface area contributed by atoms with Crippen LogP contribution in [0.4, 0.5) is 0 Å². The predicted octanol–water partition coefficient (Wildman–Crippen LogP) is 3.70. The number of oxime groups is 1. The maximum absolute atomic E-state index is 12.2. The van der Waals surface area contributed by atoms with Crippen LogP contribution in [0.1, 0.15) is 21.6 Å². The van der Waals surface area contributed by atoms with Gasteiger partial charge in [-0.05, 0) is 36.4 Å². The van der Waals surface area contributed by atoms with Gasteiger partial charge in [-0.3, -0.25) is 4.98 Å². The lowest BCUT2D eigenvalue weighted by molar-refractivity contribution is 0.0517. The second-order valence-corrected chi connectivity index (χ2v) is 5.13. The Bertz CT molecular complexity index is 819. The van der Waals surface area contributed by atoms with E-state index in [0.717, 1.165) is 5.56 Å². The number of pyridine rings is 1. The molecule has 5 nitrogen and oxygen atoms in total. The van der Waals surface area contributed by atoms with Crippen LogP contribution in [0.2, 0.25) is 0 Å². The number of nitrogens with zero attached hydrogens (tertiary/aromatic N) is 2. The van der Waals surface area contributed by atoms with Gasteiger partial charge in [0.25, 0.3) is 0 Å². The Labute approximate surface area is 145 Å². The summed E-state index contributed by atoms with van der Waals surface area (Å²) in [6.45, 7) is 0. The molecule has 2 aromatic carbocycles. The molecule has 0 unspecified atom stereocenters. The molecule has 0 amide bonds. The second-order valence-electron chi connectivity index (χ2n) is 5.13. The van der Waals surface area contributed by atoms with E-state index in [1.54, 1.807) is 37.6 Å². The van der Waals surface area contributed by atoms with Crippen LogP contribution in [0.5, 0.6) is 5.75 Å². The third kappa shape index (κ3) is 4.09. The molecule has 5 heteroatoms. The number of carbonyl (C=O) groups excluding carboxylic acids is 1. The van der Waals surface area contributed by atoms with Crippen LogP contribution in [0.3, 0.4) is 0 Å². The van der Waals surface area contributed by atoms with Crippen LogP contribution in [-0.2, 0) is 4.84 Å². The van der Waals surface area contributed by atoms with Crippen molar-refractivity contribution in [3.63, 3.8) is 0 Å². The van der Waals surface area contributed by atoms with Crippen molar-refractivity contribution in [2.45, 2.75) is 0 Å². The molecule has 0 bridgehead atoms. The van der Waals surface area contributed by atoms with Crippen molar-refractivity contribution in [1.82, 2.24) is 4.98 Å². The molecule has 124 valence electrons. The van der Waals surface area contributed by atoms with E-state index in [1.165, 1.54) is 0 Å². The standard InChI is InChI=1S/C20H16N2O3/c1-24-17-12-10-16(11-13-17)20(23)25-22-19(15-7-3-2-4-8-15)18-9-5-6-14-21-18/h2-14H,1H3/b22-19+. The van der Waals surface area contributed by atoms with Crippen molar-refractivity contribution in [1.29, 1.82) is 0 Å². The minimum Gasteiger partial charge on any atom is -0.497 e. The molecule has 0 saturated heterocycles. The lowest BCUT2D eigenvalue weighted by atomic mass is 10.1. The molecule has 0 radical (unpaired) electrons. The van der Waals surface area contributed by atoms with Gasteiger partial charge in [0, 0.05) is 11.8 Å². The maximum Gasteiger partial charge on any atom is 0.365 e. The van der Waals surface area contributed by atoms with Crippen LogP contribution >= 0.6 is 0 Å². The van der Waals surface area contributed by atoms with E-state index in [-0.39, 0.29) is 0 Å². The molecule has 25 heavy (non-hydrogen) atoms. The van der Waals surface area contributed by atoms with Crippen LogP contribution in [-0.4, -0.2) is 23.8 Å². The summed E-state index contributed by atoms with van der Waals surface area (Å²) in [5.74, 6) is 0.116. The van der Waals surface area contributed by atoms with Crippen molar-refractivity contribution in [3.05, 3.63) is 95.8 Å². The number of benzene rings is 2. The summed E-state index contributed by atoms with van der Waals surface area (Å²) in [5, 5.41) is 4.06. The summed E-state index contributed by atoms with van der Waals surface area (Å²) in [4.78, 5) is 21.7. The average molecular weight is 332 g/mol. The summed E-state index contributed by atoms with van der Waals surface area (Å²) in [7, 11) is 1.57. The Balaban J connectivity index is 1.87. The van der Waals surface area contributed by atoms with Crippen molar-refractivity contribution >= 4 is 11.7 Å². The summed E-state index contributed by atoms with van der Waals surface area (Å²) in [6, 6.07) is 21.6. The SMILES string of the molecule is COc1ccc(C(=O)O/N=C(\c2ccccc2)c2ccccn2)cc1. The fourth-order valence-corrected chi connectivity index (χ4v) is 2.21. The van der Waals surface area contributed by atoms with Crippen LogP contribution < -0.4 is 4.74 Å². The zero-order valence-corrected chi connectivity index (χ0v) is 13.6. The van der Waals surface area contributed by atoms with Gasteiger partial charge in [-0.1, -0.05) is 41.6 Å². The van der Waals surface area contributed by atoms with E-state index in [4.69, 9.17) is 9.57 Å². The topological polar surface area (TPSA) is 60.8 Å². The maximum atomic E-state index is 12.2. The highest BCUT2D eigenvalue weighted by atomic mass is 16.7. The number of methoxy groups -OCH3 is 1. The summed E-state index contributed by atoms with van der Waals surface area (Å²) in [6.07, 6.45) is 1.67. The van der Waals surface area contributed by atoms with Crippen LogP contribution in [0.25, 0.3) is 0 Å². The molecular weight excluding hydrogens is 316 g/mol. The minimum atomic E-state index is -0.549. The highest BCUT2D eigenvalue weighted by Gasteiger charge is 2.12. The Hall–Kier alpha value is -3.47. The van der Waals surface area contributed by atoms with Gasteiger partial charge in [0.05, 0.1) is 18.4 Å². The van der Waals surface area contributed by atoms with Gasteiger partial charge in [0.1, 0.15) is 11.5 Å². The second kappa shape index (κ2) is 7.88. The third-order valence-corrected chi connectivity index (χ3v) is 3.50. The first-order valence-corrected chi connectivity index (χ1v) is 7.68. The third-order valence-electron chi connectivity index (χ3n) is 3.50. The van der Waals surface area contributed by atoms with Crippen molar-refractivity contribution in [2.24, 2.45) is 5.16 Å². The van der Waals surface area contributed by atoms with Gasteiger partial charge in [0.2, 0.25) is 0 Å². The molecule has 0 spiro atoms. The Morgan fingerprint density at radius 1 is 0.880 bits per heavy atom. The van der Waals surface area contributed by atoms with Gasteiger partial charge in [-0.15, -0.1) is 0 Å². The fourth-order valence-electron chi connectivity index (χ4n) is 2.21. The quantitative estimate of drug-likeness (QED) is 0.406. The highest BCUT2D eigenvalue weighted by Crippen LogP contribution is 2.13. The van der Waals surface area contributed by atoms with Gasteiger partial charge in [-0.2, -0.15) is 0 Å². The van der Waals surface area contributed by atoms with Crippen LogP contribution in [0.15, 0.2) is 84.1 Å². The van der Waals surface area contributed by atoms with Gasteiger partial charge < -0.3 is 9.57 Å². The van der Waals surface area contributed by atoms with Crippen molar-refractivity contribution < 1.29 is 14.4 Å². The number of hydrogen-bond acceptors (Lipinski definition) is 5. The molecule has 1 heterocycles. The molecule has 0 aliphatic rings. The van der Waals surface area contributed by atoms with Crippen molar-refractivity contribution in [3.8, 4) is 5.75 Å². The largest absolute Gasteiger partial charge is 0.497 e. The summed E-state index contributed by atoms with van der Waals surface area (Å²) >= 11 is 0. The molecule has 3 aromatic rings. The normalized spacial score (nSPS) is 11.0. The number of aromatic nitrogens is 1. The Kier molecular flexibility index (Phi) is 5.16. The zero-order valence-electron chi connectivity index (χ0n) is 13.6. The smallest absolute Gasteiger partial charge is 0.365 e. The number of ether oxygens (including phenoxy) is 1. The van der Waals surface area contributed by atoms with E-state index in [0.29, 0.717) is 22.7 Å². The van der Waals surface area contributed by atoms with E-state index >= 15 is 0 Å². The number of carbonyl (C=O) groups is 1. The van der Waals surface area contributed by atoms with E-state index in [9.17, 15) is 4.79 Å². The molecule has 0 fully saturated rings. The molecule has 0 N–H and O–H groups in total. The molecule has 3 rings (SSSR count). The van der Waals surface area contributed by atoms with Gasteiger partial charge >= 0.3 is 5.97 Å². The highest BCUT2D eigenvalue weighted by molar-refractivity contribution is 6.11. The van der Waals surface area contributed by atoms with E-state index in [2.05, 4.69) is 10.1 Å². The molecule has 1 aromatic heterocycles. The Morgan fingerprint density at radius 2 is 1.60 bits per heavy atom. The minimum absolute atomic E-state index is 0.387. The molecule has 0 atom stereocenters. The fraction of sp³-hybridized carbons (Fsp3) is 0.0500. The van der Waals surface area contributed by atoms with E-state index in [1.807, 2.05) is 48.5 Å². The van der Waals surface area contributed by atoms with Crippen molar-refractivity contribution in [2.75, 3.05) is 7.11 Å².